The number of carbonyl (C=O) groups excluding carboxylic acids is 1. The first-order valence-corrected chi connectivity index (χ1v) is 3.40. The summed E-state index contributed by atoms with van der Waals surface area (Å²) >= 11 is 0. The number of hydrogen-bond donors (Lipinski definition) is 2. The Morgan fingerprint density at radius 2 is 2.15 bits per heavy atom. The fourth-order valence-electron chi connectivity index (χ4n) is 0.994. The van der Waals surface area contributed by atoms with E-state index in [1.807, 2.05) is 0 Å². The summed E-state index contributed by atoms with van der Waals surface area (Å²) in [5.74, 6) is -2.06. The minimum absolute atomic E-state index is 0.397. The summed E-state index contributed by atoms with van der Waals surface area (Å²) in [6, 6.07) is -1.21. The molecule has 1 amide bonds. The number of carbonyl (C=O) groups is 3. The van der Waals surface area contributed by atoms with Gasteiger partial charge in [0.05, 0.1) is 6.42 Å². The van der Waals surface area contributed by atoms with E-state index in [9.17, 15) is 14.4 Å². The van der Waals surface area contributed by atoms with Crippen LogP contribution in [0.25, 0.3) is 0 Å². The normalized spacial score (nSPS) is 21.4. The van der Waals surface area contributed by atoms with Gasteiger partial charge in [-0.1, -0.05) is 0 Å². The highest BCUT2D eigenvalue weighted by Crippen LogP contribution is 2.14. The maximum Gasteiger partial charge on any atom is 0.410 e. The molecule has 0 aliphatic carbocycles. The molecule has 1 heterocycles. The van der Waals surface area contributed by atoms with E-state index in [1.165, 1.54) is 0 Å². The fourth-order valence-corrected chi connectivity index (χ4v) is 0.994. The van der Waals surface area contributed by atoms with Gasteiger partial charge in [0.1, 0.15) is 6.04 Å². The Morgan fingerprint density at radius 1 is 1.54 bits per heavy atom. The molecule has 0 spiro atoms. The zero-order valence-corrected chi connectivity index (χ0v) is 6.47. The predicted octanol–water partition coefficient (Wildman–Crippen LogP) is -0.676. The third-order valence-corrected chi connectivity index (χ3v) is 1.61. The Balaban J connectivity index is 2.71. The van der Waals surface area contributed by atoms with Gasteiger partial charge in [0.15, 0.2) is 6.73 Å². The van der Waals surface area contributed by atoms with Crippen LogP contribution in [0.15, 0.2) is 0 Å². The molecular weight excluding hydrogens is 182 g/mol. The van der Waals surface area contributed by atoms with Gasteiger partial charge >= 0.3 is 18.0 Å². The molecule has 0 saturated carbocycles. The van der Waals surface area contributed by atoms with Gasteiger partial charge in [-0.25, -0.2) is 9.59 Å². The second-order valence-corrected chi connectivity index (χ2v) is 2.46. The lowest BCUT2D eigenvalue weighted by Crippen LogP contribution is -2.38. The highest BCUT2D eigenvalue weighted by atomic mass is 16.6. The lowest BCUT2D eigenvalue weighted by molar-refractivity contribution is -0.144. The molecule has 1 saturated heterocycles. The Bertz CT molecular complexity index is 262. The van der Waals surface area contributed by atoms with Gasteiger partial charge in [0, 0.05) is 0 Å². The summed E-state index contributed by atoms with van der Waals surface area (Å²) in [6.45, 7) is -0.397. The summed E-state index contributed by atoms with van der Waals surface area (Å²) in [6.07, 6.45) is -1.93. The molecule has 0 radical (unpaired) electrons. The van der Waals surface area contributed by atoms with Crippen LogP contribution in [0.3, 0.4) is 0 Å². The maximum absolute atomic E-state index is 10.8. The average Bonchev–Trinajstić information content (AvgIpc) is 2.32. The Labute approximate surface area is 72.5 Å². The molecule has 1 aliphatic heterocycles. The topological polar surface area (TPSA) is 104 Å². The molecule has 1 rings (SSSR count). The third-order valence-electron chi connectivity index (χ3n) is 1.61. The molecule has 2 N–H and O–H groups in total. The zero-order chi connectivity index (χ0) is 10.0. The number of hydrogen-bond acceptors (Lipinski definition) is 4. The van der Waals surface area contributed by atoms with E-state index in [4.69, 9.17) is 10.2 Å². The van der Waals surface area contributed by atoms with Gasteiger partial charge in [0.2, 0.25) is 0 Å². The van der Waals surface area contributed by atoms with Crippen molar-refractivity contribution in [2.75, 3.05) is 6.73 Å². The molecule has 0 aromatic rings. The lowest BCUT2D eigenvalue weighted by Gasteiger charge is -2.13. The van der Waals surface area contributed by atoms with Crippen molar-refractivity contribution in [3.05, 3.63) is 0 Å². The van der Waals surface area contributed by atoms with E-state index >= 15 is 0 Å². The molecule has 13 heavy (non-hydrogen) atoms. The standard InChI is InChI=1S/C6H7NO6/c8-4(9)1-3-5(10)13-2-7(3)6(11)12/h3H,1-2H2,(H,8,9)(H,11,12). The SMILES string of the molecule is O=C(O)CC1C(=O)OCN1C(=O)O. The number of rotatable bonds is 2. The number of aliphatic carboxylic acids is 1. The molecule has 0 aromatic heterocycles. The van der Waals surface area contributed by atoms with Crippen molar-refractivity contribution in [1.29, 1.82) is 0 Å². The van der Waals surface area contributed by atoms with Crippen LogP contribution >= 0.6 is 0 Å². The van der Waals surface area contributed by atoms with Gasteiger partial charge in [-0.15, -0.1) is 0 Å². The molecule has 72 valence electrons. The van der Waals surface area contributed by atoms with Crippen LogP contribution in [0.1, 0.15) is 6.42 Å². The van der Waals surface area contributed by atoms with E-state index in [0.29, 0.717) is 4.90 Å². The minimum atomic E-state index is -1.36. The molecule has 0 aromatic carbocycles. The first kappa shape index (κ1) is 9.30. The quantitative estimate of drug-likeness (QED) is 0.558. The monoisotopic (exact) mass is 189 g/mol. The number of amides is 1. The second-order valence-electron chi connectivity index (χ2n) is 2.46. The van der Waals surface area contributed by atoms with E-state index in [0.717, 1.165) is 0 Å². The fraction of sp³-hybridized carbons (Fsp3) is 0.500. The van der Waals surface area contributed by atoms with Crippen molar-refractivity contribution in [3.63, 3.8) is 0 Å². The van der Waals surface area contributed by atoms with Crippen molar-refractivity contribution < 1.29 is 29.3 Å². The van der Waals surface area contributed by atoms with Crippen molar-refractivity contribution in [2.24, 2.45) is 0 Å². The number of cyclic esters (lactones) is 1. The molecule has 7 nitrogen and oxygen atoms in total. The maximum atomic E-state index is 10.8. The number of ether oxygens (including phenoxy) is 1. The van der Waals surface area contributed by atoms with Gasteiger partial charge in [-0.05, 0) is 0 Å². The van der Waals surface area contributed by atoms with Gasteiger partial charge in [-0.2, -0.15) is 0 Å². The summed E-state index contributed by atoms with van der Waals surface area (Å²) in [7, 11) is 0. The van der Waals surface area contributed by atoms with Crippen LogP contribution in [-0.4, -0.2) is 45.9 Å². The highest BCUT2D eigenvalue weighted by Gasteiger charge is 2.39. The first-order valence-electron chi connectivity index (χ1n) is 3.40. The van der Waals surface area contributed by atoms with Crippen LogP contribution in [-0.2, 0) is 14.3 Å². The number of carboxylic acid groups (broad SMARTS) is 2. The Morgan fingerprint density at radius 3 is 2.62 bits per heavy atom. The number of nitrogens with zero attached hydrogens (tertiary/aromatic N) is 1. The molecule has 1 aliphatic rings. The second kappa shape index (κ2) is 3.30. The molecule has 1 atom stereocenters. The van der Waals surface area contributed by atoms with Crippen LogP contribution in [0.5, 0.6) is 0 Å². The number of esters is 1. The van der Waals surface area contributed by atoms with E-state index in [2.05, 4.69) is 4.74 Å². The van der Waals surface area contributed by atoms with Crippen molar-refractivity contribution in [2.45, 2.75) is 12.5 Å². The zero-order valence-electron chi connectivity index (χ0n) is 6.47. The Hall–Kier alpha value is -1.79. The lowest BCUT2D eigenvalue weighted by atomic mass is 10.2. The first-order chi connectivity index (χ1) is 6.02. The predicted molar refractivity (Wildman–Crippen MR) is 36.9 cm³/mol. The molecule has 1 fully saturated rings. The third kappa shape index (κ3) is 1.86. The van der Waals surface area contributed by atoms with Crippen LogP contribution < -0.4 is 0 Å². The van der Waals surface area contributed by atoms with E-state index in [-0.39, 0.29) is 0 Å². The average molecular weight is 189 g/mol. The van der Waals surface area contributed by atoms with Gasteiger partial charge in [0.25, 0.3) is 0 Å². The van der Waals surface area contributed by atoms with Crippen LogP contribution in [0.2, 0.25) is 0 Å². The largest absolute Gasteiger partial charge is 0.481 e. The molecular formula is C6H7NO6. The van der Waals surface area contributed by atoms with Crippen molar-refractivity contribution in [3.8, 4) is 0 Å². The summed E-state index contributed by atoms with van der Waals surface area (Å²) in [5, 5.41) is 16.9. The van der Waals surface area contributed by atoms with Gasteiger partial charge in [-0.3, -0.25) is 9.69 Å². The van der Waals surface area contributed by atoms with E-state index < -0.39 is 37.2 Å². The van der Waals surface area contributed by atoms with E-state index in [1.54, 1.807) is 0 Å². The smallest absolute Gasteiger partial charge is 0.410 e. The number of carboxylic acids is 1. The van der Waals surface area contributed by atoms with Crippen LogP contribution in [0, 0.1) is 0 Å². The molecule has 1 unspecified atom stereocenters. The highest BCUT2D eigenvalue weighted by molar-refractivity contribution is 5.87. The summed E-state index contributed by atoms with van der Waals surface area (Å²) < 4.78 is 4.38. The van der Waals surface area contributed by atoms with Crippen molar-refractivity contribution >= 4 is 18.0 Å². The summed E-state index contributed by atoms with van der Waals surface area (Å²) in [5.41, 5.74) is 0. The van der Waals surface area contributed by atoms with Gasteiger partial charge < -0.3 is 14.9 Å². The molecule has 7 heteroatoms. The van der Waals surface area contributed by atoms with Crippen LogP contribution in [0.4, 0.5) is 4.79 Å². The van der Waals surface area contributed by atoms with Crippen molar-refractivity contribution in [1.82, 2.24) is 4.90 Å². The molecule has 0 bridgehead atoms. The minimum Gasteiger partial charge on any atom is -0.481 e. The Kier molecular flexibility index (Phi) is 2.36. The summed E-state index contributed by atoms with van der Waals surface area (Å²) in [4.78, 5) is 32.2.